The molecular weight excluding hydrogens is 196 g/mol. The summed E-state index contributed by atoms with van der Waals surface area (Å²) in [5.41, 5.74) is 0. The second-order valence-electron chi connectivity index (χ2n) is 5.62. The summed E-state index contributed by atoms with van der Waals surface area (Å²) in [7, 11) is 2.13. The average Bonchev–Trinajstić information content (AvgIpc) is 2.94. The highest BCUT2D eigenvalue weighted by Gasteiger charge is 2.28. The van der Waals surface area contributed by atoms with Gasteiger partial charge < -0.3 is 10.2 Å². The first-order chi connectivity index (χ1) is 7.85. The van der Waals surface area contributed by atoms with E-state index in [0.29, 0.717) is 0 Å². The molecule has 94 valence electrons. The van der Waals surface area contributed by atoms with E-state index in [1.807, 2.05) is 0 Å². The number of hydrogen-bond acceptors (Lipinski definition) is 2. The van der Waals surface area contributed by atoms with E-state index in [0.717, 1.165) is 18.0 Å². The molecule has 0 amide bonds. The highest BCUT2D eigenvalue weighted by Crippen LogP contribution is 2.29. The lowest BCUT2D eigenvalue weighted by molar-refractivity contribution is 0.222. The van der Waals surface area contributed by atoms with Crippen molar-refractivity contribution < 1.29 is 0 Å². The van der Waals surface area contributed by atoms with Gasteiger partial charge in [-0.15, -0.1) is 0 Å². The van der Waals surface area contributed by atoms with Crippen LogP contribution in [0.3, 0.4) is 0 Å². The molecule has 1 aliphatic heterocycles. The second-order valence-corrected chi connectivity index (χ2v) is 5.62. The van der Waals surface area contributed by atoms with Crippen LogP contribution in [0.1, 0.15) is 51.9 Å². The van der Waals surface area contributed by atoms with Crippen LogP contribution in [-0.4, -0.2) is 37.1 Å². The van der Waals surface area contributed by atoms with Crippen molar-refractivity contribution in [2.45, 2.75) is 64.0 Å². The van der Waals surface area contributed by atoms with Crippen LogP contribution in [0.15, 0.2) is 0 Å². The Balaban J connectivity index is 1.74. The van der Waals surface area contributed by atoms with E-state index in [1.54, 1.807) is 0 Å². The van der Waals surface area contributed by atoms with E-state index in [2.05, 4.69) is 24.2 Å². The van der Waals surface area contributed by atoms with Gasteiger partial charge in [-0.1, -0.05) is 13.3 Å². The van der Waals surface area contributed by atoms with Crippen LogP contribution in [0, 0.1) is 5.92 Å². The molecule has 1 saturated carbocycles. The van der Waals surface area contributed by atoms with E-state index in [-0.39, 0.29) is 0 Å². The van der Waals surface area contributed by atoms with Crippen molar-refractivity contribution in [2.24, 2.45) is 5.92 Å². The Morgan fingerprint density at radius 2 is 2.06 bits per heavy atom. The lowest BCUT2D eigenvalue weighted by atomic mass is 9.99. The van der Waals surface area contributed by atoms with Gasteiger partial charge >= 0.3 is 0 Å². The van der Waals surface area contributed by atoms with Gasteiger partial charge in [-0.2, -0.15) is 0 Å². The second kappa shape index (κ2) is 6.02. The quantitative estimate of drug-likeness (QED) is 0.772. The van der Waals surface area contributed by atoms with Crippen molar-refractivity contribution in [1.29, 1.82) is 0 Å². The molecule has 0 aromatic rings. The molecule has 0 spiro atoms. The van der Waals surface area contributed by atoms with E-state index < -0.39 is 0 Å². The molecule has 3 unspecified atom stereocenters. The van der Waals surface area contributed by atoms with Crippen molar-refractivity contribution in [1.82, 2.24) is 10.2 Å². The molecule has 0 radical (unpaired) electrons. The summed E-state index contributed by atoms with van der Waals surface area (Å²) in [5.74, 6) is 0.947. The summed E-state index contributed by atoms with van der Waals surface area (Å²) in [6.07, 6.45) is 9.93. The van der Waals surface area contributed by atoms with E-state index in [4.69, 9.17) is 0 Å². The zero-order chi connectivity index (χ0) is 11.4. The Hall–Kier alpha value is -0.0800. The standard InChI is InChI=1S/C14H28N2/c1-3-13-7-5-10-16(13)11-9-12-6-4-8-14(12)15-2/h12-15H,3-11H2,1-2H3. The topological polar surface area (TPSA) is 15.3 Å². The lowest BCUT2D eigenvalue weighted by Crippen LogP contribution is -2.34. The molecule has 0 aromatic heterocycles. The van der Waals surface area contributed by atoms with Gasteiger partial charge in [0.1, 0.15) is 0 Å². The number of nitrogens with zero attached hydrogens (tertiary/aromatic N) is 1. The molecule has 2 fully saturated rings. The molecule has 2 aliphatic rings. The molecule has 2 heteroatoms. The molecule has 2 rings (SSSR count). The molecule has 16 heavy (non-hydrogen) atoms. The third-order valence-electron chi connectivity index (χ3n) is 4.79. The Morgan fingerprint density at radius 1 is 1.19 bits per heavy atom. The third-order valence-corrected chi connectivity index (χ3v) is 4.79. The van der Waals surface area contributed by atoms with Gasteiger partial charge in [0.15, 0.2) is 0 Å². The van der Waals surface area contributed by atoms with E-state index in [1.165, 1.54) is 58.0 Å². The maximum absolute atomic E-state index is 3.50. The zero-order valence-corrected chi connectivity index (χ0v) is 11.0. The van der Waals surface area contributed by atoms with Crippen molar-refractivity contribution in [2.75, 3.05) is 20.1 Å². The van der Waals surface area contributed by atoms with Gasteiger partial charge in [-0.25, -0.2) is 0 Å². The Morgan fingerprint density at radius 3 is 2.81 bits per heavy atom. The van der Waals surface area contributed by atoms with Gasteiger partial charge in [0.2, 0.25) is 0 Å². The van der Waals surface area contributed by atoms with Gasteiger partial charge in [-0.3, -0.25) is 0 Å². The number of likely N-dealkylation sites (tertiary alicyclic amines) is 1. The van der Waals surface area contributed by atoms with Crippen LogP contribution < -0.4 is 5.32 Å². The summed E-state index contributed by atoms with van der Waals surface area (Å²) in [5, 5.41) is 3.50. The highest BCUT2D eigenvalue weighted by molar-refractivity contribution is 4.84. The van der Waals surface area contributed by atoms with Crippen LogP contribution in [0.5, 0.6) is 0 Å². The van der Waals surface area contributed by atoms with Gasteiger partial charge in [0.05, 0.1) is 0 Å². The molecule has 1 heterocycles. The number of nitrogens with one attached hydrogen (secondary N) is 1. The minimum Gasteiger partial charge on any atom is -0.317 e. The van der Waals surface area contributed by atoms with Crippen LogP contribution in [0.2, 0.25) is 0 Å². The summed E-state index contributed by atoms with van der Waals surface area (Å²) in [6, 6.07) is 1.71. The predicted octanol–water partition coefficient (Wildman–Crippen LogP) is 2.64. The maximum atomic E-state index is 3.50. The van der Waals surface area contributed by atoms with Crippen LogP contribution in [0.25, 0.3) is 0 Å². The number of hydrogen-bond donors (Lipinski definition) is 1. The van der Waals surface area contributed by atoms with Gasteiger partial charge in [-0.05, 0) is 64.6 Å². The molecule has 0 bridgehead atoms. The molecule has 3 atom stereocenters. The molecule has 1 N–H and O–H groups in total. The van der Waals surface area contributed by atoms with Crippen molar-refractivity contribution in [3.63, 3.8) is 0 Å². The summed E-state index contributed by atoms with van der Waals surface area (Å²) < 4.78 is 0. The molecular formula is C14H28N2. The Labute approximate surface area is 101 Å². The fourth-order valence-corrected chi connectivity index (χ4v) is 3.75. The maximum Gasteiger partial charge on any atom is 0.00931 e. The first-order valence-corrected chi connectivity index (χ1v) is 7.26. The molecule has 1 aliphatic carbocycles. The van der Waals surface area contributed by atoms with Gasteiger partial charge in [0.25, 0.3) is 0 Å². The third kappa shape index (κ3) is 2.78. The zero-order valence-electron chi connectivity index (χ0n) is 11.0. The predicted molar refractivity (Wildman–Crippen MR) is 69.7 cm³/mol. The van der Waals surface area contributed by atoms with E-state index in [9.17, 15) is 0 Å². The monoisotopic (exact) mass is 224 g/mol. The fraction of sp³-hybridized carbons (Fsp3) is 1.00. The average molecular weight is 224 g/mol. The smallest absolute Gasteiger partial charge is 0.00931 e. The highest BCUT2D eigenvalue weighted by atomic mass is 15.2. The van der Waals surface area contributed by atoms with Gasteiger partial charge in [0, 0.05) is 12.1 Å². The first kappa shape index (κ1) is 12.4. The summed E-state index contributed by atoms with van der Waals surface area (Å²) >= 11 is 0. The first-order valence-electron chi connectivity index (χ1n) is 7.26. The molecule has 1 saturated heterocycles. The van der Waals surface area contributed by atoms with Crippen LogP contribution in [-0.2, 0) is 0 Å². The SMILES string of the molecule is CCC1CCCN1CCC1CCCC1NC. The van der Waals surface area contributed by atoms with Crippen molar-refractivity contribution in [3.05, 3.63) is 0 Å². The summed E-state index contributed by atoms with van der Waals surface area (Å²) in [6.45, 7) is 5.05. The largest absolute Gasteiger partial charge is 0.317 e. The lowest BCUT2D eigenvalue weighted by Gasteiger charge is -2.26. The molecule has 0 aromatic carbocycles. The van der Waals surface area contributed by atoms with Crippen molar-refractivity contribution >= 4 is 0 Å². The molecule has 2 nitrogen and oxygen atoms in total. The van der Waals surface area contributed by atoms with E-state index >= 15 is 0 Å². The normalized spacial score (nSPS) is 36.0. The van der Waals surface area contributed by atoms with Crippen LogP contribution in [0.4, 0.5) is 0 Å². The number of rotatable bonds is 5. The Bertz CT molecular complexity index is 183. The Kier molecular flexibility index (Phi) is 4.66. The van der Waals surface area contributed by atoms with Crippen LogP contribution >= 0.6 is 0 Å². The minimum absolute atomic E-state index is 0.808. The summed E-state index contributed by atoms with van der Waals surface area (Å²) in [4.78, 5) is 2.74. The minimum atomic E-state index is 0.808. The van der Waals surface area contributed by atoms with Crippen molar-refractivity contribution in [3.8, 4) is 0 Å². The fourth-order valence-electron chi connectivity index (χ4n) is 3.75.